The van der Waals surface area contributed by atoms with Gasteiger partial charge in [-0.2, -0.15) is 0 Å². The molecule has 0 radical (unpaired) electrons. The smallest absolute Gasteiger partial charge is 0.278 e. The third-order valence-electron chi connectivity index (χ3n) is 4.96. The summed E-state index contributed by atoms with van der Waals surface area (Å²) >= 11 is 0. The van der Waals surface area contributed by atoms with Crippen LogP contribution in [0.3, 0.4) is 0 Å². The zero-order chi connectivity index (χ0) is 23.3. The maximum absolute atomic E-state index is 13.2. The topological polar surface area (TPSA) is 87.7 Å². The van der Waals surface area contributed by atoms with Crippen molar-refractivity contribution in [2.45, 2.75) is 40.2 Å². The minimum absolute atomic E-state index is 0.0962. The maximum Gasteiger partial charge on any atom is 0.278 e. The van der Waals surface area contributed by atoms with Gasteiger partial charge in [-0.1, -0.05) is 29.8 Å². The van der Waals surface area contributed by atoms with E-state index in [1.807, 2.05) is 45.0 Å². The van der Waals surface area contributed by atoms with E-state index in [1.165, 1.54) is 11.8 Å². The highest BCUT2D eigenvalue weighted by Crippen LogP contribution is 2.31. The molecule has 3 amide bonds. The van der Waals surface area contributed by atoms with Crippen LogP contribution in [0.25, 0.3) is 5.57 Å². The van der Waals surface area contributed by atoms with Gasteiger partial charge in [0.25, 0.3) is 11.8 Å². The van der Waals surface area contributed by atoms with Crippen LogP contribution in [-0.2, 0) is 19.1 Å². The summed E-state index contributed by atoms with van der Waals surface area (Å²) in [6.07, 6.45) is 0.661. The van der Waals surface area contributed by atoms with E-state index >= 15 is 0 Å². The zero-order valence-corrected chi connectivity index (χ0v) is 18.9. The standard InChI is InChI=1S/C25H29N3O4/c1-16(2)32-15-5-14-28-24(30)22(19-8-6-17(3)7-9-19)23(25(28)31)27-21-12-10-20(11-13-21)26-18(4)29/h6-13,16,27H,5,14-15H2,1-4H3,(H,26,29). The number of imide groups is 1. The molecule has 7 heteroatoms. The quantitative estimate of drug-likeness (QED) is 0.460. The Morgan fingerprint density at radius 1 is 0.969 bits per heavy atom. The Labute approximate surface area is 188 Å². The molecule has 0 aliphatic carbocycles. The number of ether oxygens (including phenoxy) is 1. The Morgan fingerprint density at radius 3 is 2.19 bits per heavy atom. The number of carbonyl (C=O) groups is 3. The lowest BCUT2D eigenvalue weighted by Crippen LogP contribution is -2.34. The third kappa shape index (κ3) is 5.62. The van der Waals surface area contributed by atoms with Gasteiger partial charge in [-0.3, -0.25) is 19.3 Å². The van der Waals surface area contributed by atoms with Gasteiger partial charge in [0.05, 0.1) is 11.7 Å². The Morgan fingerprint density at radius 2 is 1.59 bits per heavy atom. The van der Waals surface area contributed by atoms with Crippen molar-refractivity contribution in [1.29, 1.82) is 0 Å². The Kier molecular flexibility index (Phi) is 7.43. The maximum atomic E-state index is 13.2. The highest BCUT2D eigenvalue weighted by atomic mass is 16.5. The molecule has 0 atom stereocenters. The summed E-state index contributed by atoms with van der Waals surface area (Å²) in [5, 5.41) is 5.83. The van der Waals surface area contributed by atoms with Crippen molar-refractivity contribution in [3.05, 3.63) is 65.4 Å². The van der Waals surface area contributed by atoms with Gasteiger partial charge in [0.15, 0.2) is 0 Å². The van der Waals surface area contributed by atoms with Crippen molar-refractivity contribution in [3.8, 4) is 0 Å². The minimum atomic E-state index is -0.360. The Hall–Kier alpha value is -3.45. The van der Waals surface area contributed by atoms with Gasteiger partial charge in [0.2, 0.25) is 5.91 Å². The first-order valence-electron chi connectivity index (χ1n) is 10.7. The highest BCUT2D eigenvalue weighted by molar-refractivity contribution is 6.36. The molecule has 0 unspecified atom stereocenters. The van der Waals surface area contributed by atoms with Crippen molar-refractivity contribution in [2.75, 3.05) is 23.8 Å². The predicted molar refractivity (Wildman–Crippen MR) is 125 cm³/mol. The van der Waals surface area contributed by atoms with Crippen molar-refractivity contribution in [1.82, 2.24) is 4.90 Å². The molecule has 0 saturated heterocycles. The summed E-state index contributed by atoms with van der Waals surface area (Å²) in [5.41, 5.74) is 3.65. The van der Waals surface area contributed by atoms with Crippen molar-refractivity contribution < 1.29 is 19.1 Å². The van der Waals surface area contributed by atoms with Crippen LogP contribution in [0.1, 0.15) is 38.3 Å². The largest absolute Gasteiger partial charge is 0.379 e. The molecular formula is C25H29N3O4. The molecule has 1 heterocycles. The Bertz CT molecular complexity index is 1020. The fourth-order valence-corrected chi connectivity index (χ4v) is 3.41. The summed E-state index contributed by atoms with van der Waals surface area (Å²) in [6, 6.07) is 14.5. The van der Waals surface area contributed by atoms with Gasteiger partial charge in [0, 0.05) is 31.5 Å². The lowest BCUT2D eigenvalue weighted by Gasteiger charge is -2.16. The molecule has 2 aromatic carbocycles. The van der Waals surface area contributed by atoms with Gasteiger partial charge in [-0.25, -0.2) is 0 Å². The van der Waals surface area contributed by atoms with Gasteiger partial charge in [-0.05, 0) is 57.0 Å². The van der Waals surface area contributed by atoms with Crippen LogP contribution in [0.5, 0.6) is 0 Å². The second-order valence-electron chi connectivity index (χ2n) is 8.03. The number of anilines is 2. The number of amides is 3. The summed E-state index contributed by atoms with van der Waals surface area (Å²) < 4.78 is 5.55. The van der Waals surface area contributed by atoms with E-state index in [-0.39, 0.29) is 36.1 Å². The predicted octanol–water partition coefficient (Wildman–Crippen LogP) is 3.96. The Balaban J connectivity index is 1.86. The van der Waals surface area contributed by atoms with Crippen LogP contribution in [0.4, 0.5) is 11.4 Å². The molecule has 0 fully saturated rings. The fourth-order valence-electron chi connectivity index (χ4n) is 3.41. The first kappa shape index (κ1) is 23.2. The molecule has 0 saturated carbocycles. The molecule has 0 bridgehead atoms. The van der Waals surface area contributed by atoms with Crippen LogP contribution in [0, 0.1) is 6.92 Å². The molecule has 168 valence electrons. The van der Waals surface area contributed by atoms with Crippen LogP contribution >= 0.6 is 0 Å². The molecule has 1 aliphatic heterocycles. The number of nitrogens with one attached hydrogen (secondary N) is 2. The molecule has 0 spiro atoms. The SMILES string of the molecule is CC(=O)Nc1ccc(NC2=C(c3ccc(C)cc3)C(=O)N(CCCOC(C)C)C2=O)cc1. The van der Waals surface area contributed by atoms with Gasteiger partial charge >= 0.3 is 0 Å². The van der Waals surface area contributed by atoms with E-state index in [1.54, 1.807) is 24.3 Å². The number of hydrogen-bond donors (Lipinski definition) is 2. The van der Waals surface area contributed by atoms with Crippen LogP contribution in [0.2, 0.25) is 0 Å². The average Bonchev–Trinajstić information content (AvgIpc) is 2.96. The molecule has 3 rings (SSSR count). The van der Waals surface area contributed by atoms with E-state index in [0.717, 1.165) is 5.56 Å². The van der Waals surface area contributed by atoms with Crippen LogP contribution in [0.15, 0.2) is 54.2 Å². The first-order valence-corrected chi connectivity index (χ1v) is 10.7. The second kappa shape index (κ2) is 10.2. The van der Waals surface area contributed by atoms with E-state index < -0.39 is 0 Å². The molecule has 2 aromatic rings. The number of nitrogens with zero attached hydrogens (tertiary/aromatic N) is 1. The van der Waals surface area contributed by atoms with Crippen molar-refractivity contribution in [2.24, 2.45) is 0 Å². The number of hydrogen-bond acceptors (Lipinski definition) is 5. The number of aryl methyl sites for hydroxylation is 1. The van der Waals surface area contributed by atoms with Gasteiger partial charge < -0.3 is 15.4 Å². The highest BCUT2D eigenvalue weighted by Gasteiger charge is 2.38. The van der Waals surface area contributed by atoms with E-state index in [2.05, 4.69) is 10.6 Å². The van der Waals surface area contributed by atoms with E-state index in [4.69, 9.17) is 4.74 Å². The summed E-state index contributed by atoms with van der Waals surface area (Å²) in [7, 11) is 0. The lowest BCUT2D eigenvalue weighted by atomic mass is 10.0. The van der Waals surface area contributed by atoms with Crippen LogP contribution in [-0.4, -0.2) is 41.9 Å². The molecule has 1 aliphatic rings. The van der Waals surface area contributed by atoms with Gasteiger partial charge in [-0.15, -0.1) is 0 Å². The van der Waals surface area contributed by atoms with Crippen LogP contribution < -0.4 is 10.6 Å². The second-order valence-corrected chi connectivity index (χ2v) is 8.03. The van der Waals surface area contributed by atoms with Crippen molar-refractivity contribution in [3.63, 3.8) is 0 Å². The van der Waals surface area contributed by atoms with Gasteiger partial charge in [0.1, 0.15) is 5.70 Å². The first-order chi connectivity index (χ1) is 15.3. The molecule has 7 nitrogen and oxygen atoms in total. The summed E-state index contributed by atoms with van der Waals surface area (Å²) in [6.45, 7) is 8.06. The van der Waals surface area contributed by atoms with E-state index in [0.29, 0.717) is 35.5 Å². The molecular weight excluding hydrogens is 406 g/mol. The third-order valence-corrected chi connectivity index (χ3v) is 4.96. The monoisotopic (exact) mass is 435 g/mol. The molecule has 2 N–H and O–H groups in total. The number of benzene rings is 2. The molecule has 32 heavy (non-hydrogen) atoms. The summed E-state index contributed by atoms with van der Waals surface area (Å²) in [4.78, 5) is 38.9. The summed E-state index contributed by atoms with van der Waals surface area (Å²) in [5.74, 6) is -0.842. The fraction of sp³-hybridized carbons (Fsp3) is 0.320. The van der Waals surface area contributed by atoms with E-state index in [9.17, 15) is 14.4 Å². The zero-order valence-electron chi connectivity index (χ0n) is 18.9. The lowest BCUT2D eigenvalue weighted by molar-refractivity contribution is -0.137. The normalized spacial score (nSPS) is 13.8. The minimum Gasteiger partial charge on any atom is -0.379 e. The molecule has 0 aromatic heterocycles. The average molecular weight is 436 g/mol. The number of rotatable bonds is 9. The number of carbonyl (C=O) groups excluding carboxylic acids is 3. The van der Waals surface area contributed by atoms with Crippen molar-refractivity contribution >= 4 is 34.7 Å².